The van der Waals surface area contributed by atoms with Crippen molar-refractivity contribution in [1.82, 2.24) is 0 Å². The van der Waals surface area contributed by atoms with Crippen molar-refractivity contribution in [3.63, 3.8) is 0 Å². The Bertz CT molecular complexity index is 948. The second kappa shape index (κ2) is 7.73. The third-order valence-electron chi connectivity index (χ3n) is 9.75. The number of fused-ring (bicyclic) bond motifs is 5. The predicted octanol–water partition coefficient (Wildman–Crippen LogP) is 5.79. The van der Waals surface area contributed by atoms with Crippen molar-refractivity contribution in [3.05, 3.63) is 42.0 Å². The van der Waals surface area contributed by atoms with Crippen LogP contribution in [0.25, 0.3) is 0 Å². The van der Waals surface area contributed by atoms with Crippen molar-refractivity contribution in [1.29, 1.82) is 0 Å². The molecule has 1 N–H and O–H groups in total. The Labute approximate surface area is 188 Å². The standard InChI is InChI=1S/C27H38O3S/c1-26(28)15-12-22-19(18-26)8-10-24-23(22)13-16-27(2)20(9-11-25(24)27)14-17-31(29,30)21-6-4-3-5-7-21/h3-8,20,22-25,28H,9-18H2,1-2H3/t20-,22+,23?,24-,25?,26+,27-/m1/s1. The summed E-state index contributed by atoms with van der Waals surface area (Å²) in [5.74, 6) is 3.75. The monoisotopic (exact) mass is 442 g/mol. The minimum atomic E-state index is -3.20. The van der Waals surface area contributed by atoms with Crippen molar-refractivity contribution in [3.8, 4) is 0 Å². The van der Waals surface area contributed by atoms with E-state index in [-0.39, 0.29) is 5.75 Å². The molecule has 0 aromatic heterocycles. The molecule has 0 heterocycles. The highest BCUT2D eigenvalue weighted by Crippen LogP contribution is 2.64. The zero-order valence-electron chi connectivity index (χ0n) is 19.1. The largest absolute Gasteiger partial charge is 0.390 e. The third-order valence-corrected chi connectivity index (χ3v) is 11.5. The Morgan fingerprint density at radius 2 is 1.77 bits per heavy atom. The van der Waals surface area contributed by atoms with Crippen LogP contribution in [-0.4, -0.2) is 24.9 Å². The maximum atomic E-state index is 12.9. The fourth-order valence-corrected chi connectivity index (χ4v) is 9.49. The first kappa shape index (κ1) is 21.7. The van der Waals surface area contributed by atoms with Gasteiger partial charge in [0.25, 0.3) is 0 Å². The van der Waals surface area contributed by atoms with Crippen molar-refractivity contribution >= 4 is 9.84 Å². The fraction of sp³-hybridized carbons (Fsp3) is 0.704. The number of hydrogen-bond donors (Lipinski definition) is 1. The molecule has 3 fully saturated rings. The molecule has 2 unspecified atom stereocenters. The van der Waals surface area contributed by atoms with Crippen LogP contribution in [0.1, 0.15) is 71.6 Å². The van der Waals surface area contributed by atoms with Gasteiger partial charge in [-0.15, -0.1) is 0 Å². The first-order valence-electron chi connectivity index (χ1n) is 12.4. The minimum absolute atomic E-state index is 0.278. The van der Waals surface area contributed by atoms with Crippen LogP contribution in [0.2, 0.25) is 0 Å². The number of sulfone groups is 1. The Morgan fingerprint density at radius 3 is 2.55 bits per heavy atom. The molecule has 170 valence electrons. The number of hydrogen-bond acceptors (Lipinski definition) is 3. The van der Waals surface area contributed by atoms with E-state index in [2.05, 4.69) is 13.0 Å². The van der Waals surface area contributed by atoms with Gasteiger partial charge in [0, 0.05) is 0 Å². The summed E-state index contributed by atoms with van der Waals surface area (Å²) in [6, 6.07) is 8.96. The lowest BCUT2D eigenvalue weighted by atomic mass is 9.51. The average molecular weight is 443 g/mol. The van der Waals surface area contributed by atoms with Crippen LogP contribution in [0, 0.1) is 35.0 Å². The number of rotatable bonds is 4. The molecule has 31 heavy (non-hydrogen) atoms. The Morgan fingerprint density at radius 1 is 1.00 bits per heavy atom. The van der Waals surface area contributed by atoms with Gasteiger partial charge in [0.05, 0.1) is 16.2 Å². The van der Waals surface area contributed by atoms with E-state index in [1.54, 1.807) is 12.1 Å². The van der Waals surface area contributed by atoms with Crippen molar-refractivity contribution in [2.45, 2.75) is 82.1 Å². The topological polar surface area (TPSA) is 54.4 Å². The molecule has 1 aromatic carbocycles. The second-order valence-electron chi connectivity index (χ2n) is 11.5. The van der Waals surface area contributed by atoms with E-state index in [4.69, 9.17) is 0 Å². The van der Waals surface area contributed by atoms with Gasteiger partial charge in [-0.05, 0) is 112 Å². The van der Waals surface area contributed by atoms with E-state index >= 15 is 0 Å². The van der Waals surface area contributed by atoms with Gasteiger partial charge in [0.1, 0.15) is 0 Å². The summed E-state index contributed by atoms with van der Waals surface area (Å²) in [6.07, 6.45) is 12.4. The summed E-state index contributed by atoms with van der Waals surface area (Å²) in [7, 11) is -3.20. The molecule has 4 aliphatic carbocycles. The molecule has 4 aliphatic rings. The van der Waals surface area contributed by atoms with Crippen molar-refractivity contribution in [2.75, 3.05) is 5.75 Å². The predicted molar refractivity (Wildman–Crippen MR) is 124 cm³/mol. The van der Waals surface area contributed by atoms with E-state index in [1.165, 1.54) is 37.7 Å². The molecular weight excluding hydrogens is 404 g/mol. The fourth-order valence-electron chi connectivity index (χ4n) is 8.09. The van der Waals surface area contributed by atoms with Gasteiger partial charge < -0.3 is 5.11 Å². The number of aliphatic hydroxyl groups is 1. The van der Waals surface area contributed by atoms with Crippen LogP contribution in [0.15, 0.2) is 46.9 Å². The second-order valence-corrected chi connectivity index (χ2v) is 13.6. The van der Waals surface area contributed by atoms with E-state index in [0.717, 1.165) is 43.4 Å². The number of allylic oxidation sites excluding steroid dienone is 1. The Hall–Kier alpha value is -1.13. The molecule has 0 radical (unpaired) electrons. The van der Waals surface area contributed by atoms with Crippen LogP contribution in [0.5, 0.6) is 0 Å². The summed E-state index contributed by atoms with van der Waals surface area (Å²) in [4.78, 5) is 0.469. The van der Waals surface area contributed by atoms with E-state index in [1.807, 2.05) is 25.1 Å². The first-order valence-corrected chi connectivity index (χ1v) is 14.0. The highest BCUT2D eigenvalue weighted by atomic mass is 32.2. The summed E-state index contributed by atoms with van der Waals surface area (Å²) >= 11 is 0. The average Bonchev–Trinajstić information content (AvgIpc) is 3.08. The summed E-state index contributed by atoms with van der Waals surface area (Å²) < 4.78 is 25.7. The molecule has 0 bridgehead atoms. The van der Waals surface area contributed by atoms with E-state index in [0.29, 0.717) is 22.1 Å². The van der Waals surface area contributed by atoms with Gasteiger partial charge in [-0.2, -0.15) is 0 Å². The SMILES string of the molecule is C[C@]1(O)CC[C@H]2C(=CC[C@@H]3C2CC[C@@]2(C)C3CC[C@@H]2CCS(=O)(=O)c2ccccc2)C1. The number of benzene rings is 1. The molecule has 7 atom stereocenters. The van der Waals surface area contributed by atoms with E-state index in [9.17, 15) is 13.5 Å². The minimum Gasteiger partial charge on any atom is -0.390 e. The molecule has 3 nitrogen and oxygen atoms in total. The zero-order chi connectivity index (χ0) is 21.9. The molecule has 4 heteroatoms. The lowest BCUT2D eigenvalue weighted by Crippen LogP contribution is -2.47. The Kier molecular flexibility index (Phi) is 5.41. The van der Waals surface area contributed by atoms with Crippen LogP contribution in [0.4, 0.5) is 0 Å². The smallest absolute Gasteiger partial charge is 0.178 e. The summed E-state index contributed by atoms with van der Waals surface area (Å²) in [5, 5.41) is 10.6. The first-order chi connectivity index (χ1) is 14.7. The van der Waals surface area contributed by atoms with Gasteiger partial charge >= 0.3 is 0 Å². The highest BCUT2D eigenvalue weighted by molar-refractivity contribution is 7.91. The molecule has 5 rings (SSSR count). The summed E-state index contributed by atoms with van der Waals surface area (Å²) in [5.41, 5.74) is 1.31. The molecule has 0 spiro atoms. The molecule has 0 amide bonds. The van der Waals surface area contributed by atoms with Crippen LogP contribution in [-0.2, 0) is 9.84 Å². The van der Waals surface area contributed by atoms with Gasteiger partial charge in [-0.3, -0.25) is 0 Å². The van der Waals surface area contributed by atoms with Crippen LogP contribution < -0.4 is 0 Å². The maximum Gasteiger partial charge on any atom is 0.178 e. The Balaban J connectivity index is 1.30. The highest BCUT2D eigenvalue weighted by Gasteiger charge is 2.56. The summed E-state index contributed by atoms with van der Waals surface area (Å²) in [6.45, 7) is 4.48. The zero-order valence-corrected chi connectivity index (χ0v) is 19.9. The molecule has 1 aromatic rings. The third kappa shape index (κ3) is 3.82. The van der Waals surface area contributed by atoms with Crippen molar-refractivity contribution in [2.24, 2.45) is 35.0 Å². The normalized spacial score (nSPS) is 42.3. The molecular formula is C27H38O3S. The van der Waals surface area contributed by atoms with E-state index < -0.39 is 15.4 Å². The molecule has 0 saturated heterocycles. The lowest BCUT2D eigenvalue weighted by molar-refractivity contribution is -0.0332. The van der Waals surface area contributed by atoms with Gasteiger partial charge in [-0.1, -0.05) is 36.8 Å². The molecule has 3 saturated carbocycles. The van der Waals surface area contributed by atoms with Crippen LogP contribution in [0.3, 0.4) is 0 Å². The van der Waals surface area contributed by atoms with Crippen LogP contribution >= 0.6 is 0 Å². The quantitative estimate of drug-likeness (QED) is 0.601. The van der Waals surface area contributed by atoms with Gasteiger partial charge in [0.2, 0.25) is 0 Å². The maximum absolute atomic E-state index is 12.9. The lowest BCUT2D eigenvalue weighted by Gasteiger charge is -2.54. The molecule has 0 aliphatic heterocycles. The van der Waals surface area contributed by atoms with Crippen molar-refractivity contribution < 1.29 is 13.5 Å². The van der Waals surface area contributed by atoms with Gasteiger partial charge in [0.15, 0.2) is 9.84 Å². The van der Waals surface area contributed by atoms with Gasteiger partial charge in [-0.25, -0.2) is 8.42 Å².